The molecule has 8 nitrogen and oxygen atoms in total. The van der Waals surface area contributed by atoms with E-state index in [4.69, 9.17) is 14.2 Å². The quantitative estimate of drug-likeness (QED) is 0.640. The first-order valence-electron chi connectivity index (χ1n) is 9.83. The lowest BCUT2D eigenvalue weighted by Gasteiger charge is -2.27. The summed E-state index contributed by atoms with van der Waals surface area (Å²) in [5.41, 5.74) is -0.599. The molecule has 0 saturated carbocycles. The lowest BCUT2D eigenvalue weighted by Crippen LogP contribution is -2.37. The van der Waals surface area contributed by atoms with E-state index in [0.717, 1.165) is 9.88 Å². The van der Waals surface area contributed by atoms with Crippen LogP contribution in [0, 0.1) is 0 Å². The largest absolute Gasteiger partial charge is 0.487 e. The number of esters is 1. The van der Waals surface area contributed by atoms with Crippen molar-refractivity contribution in [1.82, 2.24) is 14.9 Å². The maximum absolute atomic E-state index is 12.9. The number of thiazole rings is 1. The Kier molecular flexibility index (Phi) is 6.91. The highest BCUT2D eigenvalue weighted by Gasteiger charge is 2.41. The number of ether oxygens (including phenoxy) is 3. The number of amides is 1. The van der Waals surface area contributed by atoms with Crippen LogP contribution in [0.25, 0.3) is 0 Å². The van der Waals surface area contributed by atoms with Crippen molar-refractivity contribution in [1.29, 1.82) is 0 Å². The third-order valence-corrected chi connectivity index (χ3v) is 5.65. The fraction of sp³-hybridized carbons (Fsp3) is 0.524. The summed E-state index contributed by atoms with van der Waals surface area (Å²) in [5.74, 6) is 0.399. The third-order valence-electron chi connectivity index (χ3n) is 4.49. The molecule has 0 aromatic carbocycles. The van der Waals surface area contributed by atoms with Crippen molar-refractivity contribution in [3.63, 3.8) is 0 Å². The Bertz CT molecular complexity index is 865. The Hall–Kier alpha value is -2.68. The van der Waals surface area contributed by atoms with Crippen LogP contribution in [0.4, 0.5) is 4.79 Å². The van der Waals surface area contributed by atoms with E-state index >= 15 is 0 Å². The average molecular weight is 434 g/mol. The van der Waals surface area contributed by atoms with Gasteiger partial charge in [0.1, 0.15) is 22.5 Å². The van der Waals surface area contributed by atoms with Gasteiger partial charge in [-0.1, -0.05) is 0 Å². The molecule has 0 radical (unpaired) electrons. The van der Waals surface area contributed by atoms with Gasteiger partial charge in [0.2, 0.25) is 0 Å². The van der Waals surface area contributed by atoms with Crippen molar-refractivity contribution in [3.8, 4) is 5.75 Å². The minimum Gasteiger partial charge on any atom is -0.487 e. The highest BCUT2D eigenvalue weighted by atomic mass is 32.1. The molecule has 9 heteroatoms. The molecule has 1 aliphatic rings. The summed E-state index contributed by atoms with van der Waals surface area (Å²) in [6.07, 6.45) is 5.95. The zero-order valence-corrected chi connectivity index (χ0v) is 18.5. The van der Waals surface area contributed by atoms with E-state index in [1.165, 1.54) is 18.4 Å². The molecule has 1 aliphatic heterocycles. The van der Waals surface area contributed by atoms with E-state index in [9.17, 15) is 9.59 Å². The Labute approximate surface area is 180 Å². The second-order valence-corrected chi connectivity index (χ2v) is 9.20. The average Bonchev–Trinajstić information content (AvgIpc) is 3.32. The van der Waals surface area contributed by atoms with Gasteiger partial charge < -0.3 is 14.2 Å². The van der Waals surface area contributed by atoms with Crippen LogP contribution in [-0.2, 0) is 20.7 Å². The van der Waals surface area contributed by atoms with Gasteiger partial charge in [0.15, 0.2) is 0 Å². The number of carbonyl (C=O) groups is 2. The second kappa shape index (κ2) is 9.42. The Balaban J connectivity index is 1.75. The first-order valence-corrected chi connectivity index (χ1v) is 10.6. The molecule has 0 bridgehead atoms. The molecule has 2 atom stereocenters. The summed E-state index contributed by atoms with van der Waals surface area (Å²) in [6, 6.07) is 3.40. The lowest BCUT2D eigenvalue weighted by atomic mass is 10.2. The molecule has 1 amide bonds. The Morgan fingerprint density at radius 1 is 1.30 bits per heavy atom. The number of hydrogen-bond acceptors (Lipinski definition) is 8. The monoisotopic (exact) mass is 433 g/mol. The molecule has 2 aromatic rings. The number of likely N-dealkylation sites (tertiary alicyclic amines) is 1. The summed E-state index contributed by atoms with van der Waals surface area (Å²) in [7, 11) is 1.38. The van der Waals surface area contributed by atoms with Gasteiger partial charge in [0.05, 0.1) is 32.3 Å². The van der Waals surface area contributed by atoms with Crippen LogP contribution in [0.3, 0.4) is 0 Å². The minimum atomic E-state index is -0.599. The number of rotatable bonds is 6. The van der Waals surface area contributed by atoms with Crippen molar-refractivity contribution in [2.75, 3.05) is 13.7 Å². The van der Waals surface area contributed by atoms with Crippen LogP contribution >= 0.6 is 11.3 Å². The van der Waals surface area contributed by atoms with Gasteiger partial charge in [-0.2, -0.15) is 0 Å². The number of carbonyl (C=O) groups excluding carboxylic acids is 2. The predicted octanol–water partition coefficient (Wildman–Crippen LogP) is 3.77. The molecule has 1 fully saturated rings. The number of pyridine rings is 1. The van der Waals surface area contributed by atoms with Crippen LogP contribution in [-0.4, -0.2) is 52.3 Å². The number of aryl methyl sites for hydroxylation is 1. The molecule has 0 spiro atoms. The topological polar surface area (TPSA) is 90.9 Å². The van der Waals surface area contributed by atoms with E-state index in [-0.39, 0.29) is 18.1 Å². The van der Waals surface area contributed by atoms with Crippen LogP contribution in [0.1, 0.15) is 49.5 Å². The summed E-state index contributed by atoms with van der Waals surface area (Å²) < 4.78 is 16.3. The fourth-order valence-corrected chi connectivity index (χ4v) is 4.21. The first-order chi connectivity index (χ1) is 14.2. The lowest BCUT2D eigenvalue weighted by molar-refractivity contribution is -0.140. The molecule has 3 rings (SSSR count). The molecule has 0 unspecified atom stereocenters. The van der Waals surface area contributed by atoms with Gasteiger partial charge in [0.25, 0.3) is 0 Å². The van der Waals surface area contributed by atoms with Crippen LogP contribution < -0.4 is 4.74 Å². The van der Waals surface area contributed by atoms with Gasteiger partial charge in [-0.3, -0.25) is 14.7 Å². The van der Waals surface area contributed by atoms with Gasteiger partial charge in [-0.15, -0.1) is 11.3 Å². The van der Waals surface area contributed by atoms with E-state index in [2.05, 4.69) is 9.97 Å². The molecule has 0 N–H and O–H groups in total. The van der Waals surface area contributed by atoms with Crippen LogP contribution in [0.2, 0.25) is 0 Å². The second-order valence-electron chi connectivity index (χ2n) is 8.05. The zero-order valence-electron chi connectivity index (χ0n) is 17.7. The van der Waals surface area contributed by atoms with Gasteiger partial charge >= 0.3 is 12.1 Å². The third kappa shape index (κ3) is 5.91. The van der Waals surface area contributed by atoms with Crippen molar-refractivity contribution >= 4 is 23.4 Å². The van der Waals surface area contributed by atoms with Gasteiger partial charge in [-0.25, -0.2) is 9.78 Å². The molecular formula is C21H27N3O5S. The number of methoxy groups -OCH3 is 1. The van der Waals surface area contributed by atoms with E-state index in [1.54, 1.807) is 23.5 Å². The molecule has 3 heterocycles. The van der Waals surface area contributed by atoms with Crippen LogP contribution in [0.5, 0.6) is 5.75 Å². The molecule has 30 heavy (non-hydrogen) atoms. The smallest absolute Gasteiger partial charge is 0.411 e. The first kappa shape index (κ1) is 22.0. The minimum absolute atomic E-state index is 0.200. The highest BCUT2D eigenvalue weighted by molar-refractivity contribution is 7.11. The van der Waals surface area contributed by atoms with E-state index < -0.39 is 11.7 Å². The number of hydrogen-bond donors (Lipinski definition) is 0. The summed E-state index contributed by atoms with van der Waals surface area (Å²) in [6.45, 7) is 5.92. The molecular weight excluding hydrogens is 406 g/mol. The molecule has 2 aromatic heterocycles. The SMILES string of the molecule is COC(=O)CCc1cnc([C@@H]2C[C@H](Oc3cccnc3)CN2C(=O)OC(C)(C)C)s1. The van der Waals surface area contributed by atoms with Crippen molar-refractivity contribution in [3.05, 3.63) is 40.6 Å². The van der Waals surface area contributed by atoms with E-state index in [0.29, 0.717) is 31.6 Å². The summed E-state index contributed by atoms with van der Waals surface area (Å²) >= 11 is 1.49. The van der Waals surface area contributed by atoms with Gasteiger partial charge in [-0.05, 0) is 39.3 Å². The highest BCUT2D eigenvalue weighted by Crippen LogP contribution is 2.37. The Morgan fingerprint density at radius 2 is 2.10 bits per heavy atom. The normalized spacial score (nSPS) is 18.9. The summed E-state index contributed by atoms with van der Waals surface area (Å²) in [5, 5.41) is 0.804. The van der Waals surface area contributed by atoms with Crippen LogP contribution in [0.15, 0.2) is 30.7 Å². The predicted molar refractivity (Wildman–Crippen MR) is 111 cm³/mol. The van der Waals surface area contributed by atoms with Crippen molar-refractivity contribution in [2.24, 2.45) is 0 Å². The van der Waals surface area contributed by atoms with Gasteiger partial charge in [0, 0.05) is 23.7 Å². The summed E-state index contributed by atoms with van der Waals surface area (Å²) in [4.78, 5) is 35.5. The Morgan fingerprint density at radius 3 is 2.77 bits per heavy atom. The molecule has 162 valence electrons. The maximum atomic E-state index is 12.9. The van der Waals surface area contributed by atoms with E-state index in [1.807, 2.05) is 32.9 Å². The number of nitrogens with zero attached hydrogens (tertiary/aromatic N) is 3. The number of aromatic nitrogens is 2. The maximum Gasteiger partial charge on any atom is 0.411 e. The zero-order chi connectivity index (χ0) is 21.7. The molecule has 1 saturated heterocycles. The standard InChI is InChI=1S/C21H27N3O5S/c1-21(2,3)29-20(26)24-13-15(28-14-6-5-9-22-11-14)10-17(24)19-23-12-16(30-19)7-8-18(25)27-4/h5-6,9,11-12,15,17H,7-8,10,13H2,1-4H3/t15-,17-/m0/s1. The van der Waals surface area contributed by atoms with Crippen molar-refractivity contribution in [2.45, 2.75) is 57.8 Å². The van der Waals surface area contributed by atoms with Crippen molar-refractivity contribution < 1.29 is 23.8 Å². The molecule has 0 aliphatic carbocycles. The fourth-order valence-electron chi connectivity index (χ4n) is 3.17.